The number of anilines is 1. The number of rotatable bonds is 3. The van der Waals surface area contributed by atoms with E-state index in [2.05, 4.69) is 31.4 Å². The fourth-order valence-corrected chi connectivity index (χ4v) is 3.58. The Morgan fingerprint density at radius 2 is 2.11 bits per heavy atom. The van der Waals surface area contributed by atoms with Gasteiger partial charge in [0.2, 0.25) is 11.7 Å². The molecule has 1 fully saturated rings. The molecule has 2 amide bonds. The lowest BCUT2D eigenvalue weighted by molar-refractivity contribution is 0.193. The molecule has 6 nitrogen and oxygen atoms in total. The van der Waals surface area contributed by atoms with Gasteiger partial charge in [-0.2, -0.15) is 4.98 Å². The summed E-state index contributed by atoms with van der Waals surface area (Å²) in [6.45, 7) is 0.535. The minimum Gasteiger partial charge on any atom is -0.337 e. The predicted octanol–water partition coefficient (Wildman–Crippen LogP) is 5.15. The first-order valence-electron chi connectivity index (χ1n) is 8.63. The molecule has 0 radical (unpaired) electrons. The number of urea groups is 1. The Balaban J connectivity index is 1.54. The highest BCUT2D eigenvalue weighted by molar-refractivity contribution is 9.10. The van der Waals surface area contributed by atoms with E-state index < -0.39 is 17.7 Å². The lowest BCUT2D eigenvalue weighted by atomic mass is 10.2. The van der Waals surface area contributed by atoms with Gasteiger partial charge in [-0.1, -0.05) is 27.2 Å². The molecule has 0 bridgehead atoms. The summed E-state index contributed by atoms with van der Waals surface area (Å²) in [5.74, 6) is -1.22. The van der Waals surface area contributed by atoms with Crippen molar-refractivity contribution in [3.05, 3.63) is 64.5 Å². The Bertz CT molecular complexity index is 1030. The third-order valence-corrected chi connectivity index (χ3v) is 4.98. The van der Waals surface area contributed by atoms with Gasteiger partial charge in [0.15, 0.2) is 0 Å². The van der Waals surface area contributed by atoms with Crippen LogP contribution in [0.25, 0.3) is 11.4 Å². The first-order valence-corrected chi connectivity index (χ1v) is 9.43. The Labute approximate surface area is 167 Å². The van der Waals surface area contributed by atoms with E-state index in [0.717, 1.165) is 23.0 Å². The maximum absolute atomic E-state index is 14.0. The van der Waals surface area contributed by atoms with Gasteiger partial charge in [-0.15, -0.1) is 0 Å². The molecule has 9 heteroatoms. The third-order valence-electron chi connectivity index (χ3n) is 4.49. The van der Waals surface area contributed by atoms with E-state index in [4.69, 9.17) is 4.52 Å². The zero-order chi connectivity index (χ0) is 19.7. The Morgan fingerprint density at radius 3 is 2.89 bits per heavy atom. The summed E-state index contributed by atoms with van der Waals surface area (Å²) in [5.41, 5.74) is 0.698. The van der Waals surface area contributed by atoms with E-state index in [1.165, 1.54) is 6.07 Å². The predicted molar refractivity (Wildman–Crippen MR) is 101 cm³/mol. The van der Waals surface area contributed by atoms with Crippen LogP contribution in [0, 0.1) is 11.6 Å². The molecule has 0 spiro atoms. The van der Waals surface area contributed by atoms with Crippen LogP contribution in [0.5, 0.6) is 0 Å². The van der Waals surface area contributed by atoms with Crippen LogP contribution in [-0.4, -0.2) is 27.6 Å². The lowest BCUT2D eigenvalue weighted by Gasteiger charge is -2.22. The second kappa shape index (κ2) is 7.67. The Kier molecular flexibility index (Phi) is 5.08. The average Bonchev–Trinajstić information content (AvgIpc) is 3.31. The molecule has 2 aromatic carbocycles. The zero-order valence-electron chi connectivity index (χ0n) is 14.5. The number of carbonyl (C=O) groups is 1. The molecule has 1 aromatic heterocycles. The highest BCUT2D eigenvalue weighted by Crippen LogP contribution is 2.33. The molecule has 1 aliphatic heterocycles. The van der Waals surface area contributed by atoms with Crippen LogP contribution in [0.15, 0.2) is 51.5 Å². The van der Waals surface area contributed by atoms with Gasteiger partial charge in [0, 0.05) is 22.8 Å². The number of likely N-dealkylation sites (tertiary alicyclic amines) is 1. The molecule has 0 unspecified atom stereocenters. The van der Waals surface area contributed by atoms with Gasteiger partial charge in [-0.05, 0) is 43.2 Å². The van der Waals surface area contributed by atoms with Crippen molar-refractivity contribution in [1.29, 1.82) is 0 Å². The van der Waals surface area contributed by atoms with E-state index in [1.807, 2.05) is 12.1 Å². The maximum Gasteiger partial charge on any atom is 0.322 e. The highest BCUT2D eigenvalue weighted by Gasteiger charge is 2.34. The van der Waals surface area contributed by atoms with Crippen molar-refractivity contribution in [2.24, 2.45) is 0 Å². The summed E-state index contributed by atoms with van der Waals surface area (Å²) < 4.78 is 33.2. The SMILES string of the molecule is O=C(Nc1cccc(Br)c1)N1CCC[C@H]1c1nc(-c2ccc(F)cc2F)no1. The van der Waals surface area contributed by atoms with Gasteiger partial charge in [0.25, 0.3) is 0 Å². The van der Waals surface area contributed by atoms with Crippen molar-refractivity contribution in [2.45, 2.75) is 18.9 Å². The number of aromatic nitrogens is 2. The second-order valence-corrected chi connectivity index (χ2v) is 7.29. The van der Waals surface area contributed by atoms with E-state index in [0.29, 0.717) is 18.7 Å². The van der Waals surface area contributed by atoms with Crippen LogP contribution in [-0.2, 0) is 0 Å². The Hall–Kier alpha value is -2.81. The number of hydrogen-bond acceptors (Lipinski definition) is 4. The molecule has 0 aliphatic carbocycles. The summed E-state index contributed by atoms with van der Waals surface area (Å²) >= 11 is 3.37. The molecule has 28 heavy (non-hydrogen) atoms. The van der Waals surface area contributed by atoms with Crippen molar-refractivity contribution >= 4 is 27.6 Å². The molecule has 2 heterocycles. The molecule has 1 aliphatic rings. The first-order chi connectivity index (χ1) is 13.5. The van der Waals surface area contributed by atoms with E-state index in [1.54, 1.807) is 17.0 Å². The topological polar surface area (TPSA) is 71.3 Å². The minimum absolute atomic E-state index is 0.0201. The van der Waals surface area contributed by atoms with E-state index >= 15 is 0 Å². The summed E-state index contributed by atoms with van der Waals surface area (Å²) in [7, 11) is 0. The van der Waals surface area contributed by atoms with Crippen molar-refractivity contribution in [3.8, 4) is 11.4 Å². The second-order valence-electron chi connectivity index (χ2n) is 6.37. The largest absolute Gasteiger partial charge is 0.337 e. The number of amides is 2. The summed E-state index contributed by atoms with van der Waals surface area (Å²) in [4.78, 5) is 18.5. The molecule has 0 saturated carbocycles. The lowest BCUT2D eigenvalue weighted by Crippen LogP contribution is -2.34. The zero-order valence-corrected chi connectivity index (χ0v) is 16.1. The summed E-state index contributed by atoms with van der Waals surface area (Å²) in [6.07, 6.45) is 1.43. The third kappa shape index (κ3) is 3.75. The van der Waals surface area contributed by atoms with Crippen molar-refractivity contribution in [1.82, 2.24) is 15.0 Å². The number of halogens is 3. The number of carbonyl (C=O) groups excluding carboxylic acids is 1. The highest BCUT2D eigenvalue weighted by atomic mass is 79.9. The standard InChI is InChI=1S/C19H15BrF2N4O2/c20-11-3-1-4-13(9-11)23-19(27)26-8-2-5-16(26)18-24-17(25-28-18)14-7-6-12(21)10-15(14)22/h1,3-4,6-7,9-10,16H,2,5,8H2,(H,23,27)/t16-/m0/s1. The van der Waals surface area contributed by atoms with Gasteiger partial charge in [0.05, 0.1) is 5.56 Å². The number of nitrogens with zero attached hydrogens (tertiary/aromatic N) is 3. The van der Waals surface area contributed by atoms with Crippen LogP contribution < -0.4 is 5.32 Å². The molecule has 1 saturated heterocycles. The van der Waals surface area contributed by atoms with Gasteiger partial charge in [-0.3, -0.25) is 0 Å². The van der Waals surface area contributed by atoms with Crippen molar-refractivity contribution < 1.29 is 18.1 Å². The smallest absolute Gasteiger partial charge is 0.322 e. The fourth-order valence-electron chi connectivity index (χ4n) is 3.18. The maximum atomic E-state index is 14.0. The fraction of sp³-hybridized carbons (Fsp3) is 0.211. The summed E-state index contributed by atoms with van der Waals surface area (Å²) in [5, 5.41) is 6.64. The molecular weight excluding hydrogens is 434 g/mol. The normalized spacial score (nSPS) is 16.4. The monoisotopic (exact) mass is 448 g/mol. The molecular formula is C19H15BrF2N4O2. The number of hydrogen-bond donors (Lipinski definition) is 1. The quantitative estimate of drug-likeness (QED) is 0.601. The number of nitrogens with one attached hydrogen (secondary N) is 1. The van der Waals surface area contributed by atoms with Crippen LogP contribution >= 0.6 is 15.9 Å². The van der Waals surface area contributed by atoms with Crippen LogP contribution in [0.3, 0.4) is 0 Å². The van der Waals surface area contributed by atoms with Crippen LogP contribution in [0.1, 0.15) is 24.8 Å². The van der Waals surface area contributed by atoms with Gasteiger partial charge < -0.3 is 14.7 Å². The van der Waals surface area contributed by atoms with E-state index in [9.17, 15) is 13.6 Å². The summed E-state index contributed by atoms with van der Waals surface area (Å²) in [6, 6.07) is 9.73. The van der Waals surface area contributed by atoms with Crippen molar-refractivity contribution in [3.63, 3.8) is 0 Å². The van der Waals surface area contributed by atoms with Gasteiger partial charge >= 0.3 is 6.03 Å². The Morgan fingerprint density at radius 1 is 1.25 bits per heavy atom. The first kappa shape index (κ1) is 18.5. The van der Waals surface area contributed by atoms with Crippen molar-refractivity contribution in [2.75, 3.05) is 11.9 Å². The van der Waals surface area contributed by atoms with Gasteiger partial charge in [-0.25, -0.2) is 13.6 Å². The van der Waals surface area contributed by atoms with Gasteiger partial charge in [0.1, 0.15) is 17.7 Å². The van der Waals surface area contributed by atoms with E-state index in [-0.39, 0.29) is 23.3 Å². The minimum atomic E-state index is -0.775. The van der Waals surface area contributed by atoms with Crippen LogP contribution in [0.2, 0.25) is 0 Å². The molecule has 1 N–H and O–H groups in total. The average molecular weight is 449 g/mol. The molecule has 1 atom stereocenters. The molecule has 3 aromatic rings. The number of benzene rings is 2. The molecule has 4 rings (SSSR count). The molecule has 144 valence electrons. The van der Waals surface area contributed by atoms with Crippen LogP contribution in [0.4, 0.5) is 19.3 Å².